The van der Waals surface area contributed by atoms with Gasteiger partial charge in [0.1, 0.15) is 5.75 Å². The minimum Gasteiger partial charge on any atom is -0.497 e. The van der Waals surface area contributed by atoms with Crippen LogP contribution in [0.1, 0.15) is 43.2 Å². The second-order valence-electron chi connectivity index (χ2n) is 9.21. The van der Waals surface area contributed by atoms with Crippen molar-refractivity contribution in [2.45, 2.75) is 51.0 Å². The summed E-state index contributed by atoms with van der Waals surface area (Å²) in [7, 11) is 1.69. The zero-order chi connectivity index (χ0) is 23.0. The Labute approximate surface area is 202 Å². The number of benzene rings is 2. The molecule has 0 aliphatic carbocycles. The molecule has 0 spiro atoms. The van der Waals surface area contributed by atoms with Crippen molar-refractivity contribution in [3.05, 3.63) is 70.9 Å². The summed E-state index contributed by atoms with van der Waals surface area (Å²) in [5.41, 5.74) is 3.52. The maximum atomic E-state index is 9.77. The minimum atomic E-state index is 0.301. The second-order valence-corrected chi connectivity index (χ2v) is 9.62. The monoisotopic (exact) mass is 466 g/mol. The molecule has 4 nitrogen and oxygen atoms in total. The highest BCUT2D eigenvalue weighted by Gasteiger charge is 2.27. The average Bonchev–Trinajstić information content (AvgIpc) is 2.86. The van der Waals surface area contributed by atoms with Crippen LogP contribution in [0, 0.1) is 5.92 Å². The number of fused-ring (bicyclic) bond motifs is 1. The van der Waals surface area contributed by atoms with Gasteiger partial charge in [0.2, 0.25) is 0 Å². The molecule has 3 aromatic rings. The quantitative estimate of drug-likeness (QED) is 0.402. The Bertz CT molecular complexity index is 1030. The van der Waals surface area contributed by atoms with Crippen molar-refractivity contribution in [2.75, 3.05) is 26.8 Å². The highest BCUT2D eigenvalue weighted by Crippen LogP contribution is 2.31. The van der Waals surface area contributed by atoms with Gasteiger partial charge in [-0.15, -0.1) is 0 Å². The first-order chi connectivity index (χ1) is 16.2. The van der Waals surface area contributed by atoms with Gasteiger partial charge in [0.05, 0.1) is 17.6 Å². The maximum absolute atomic E-state index is 9.77. The van der Waals surface area contributed by atoms with Crippen LogP contribution in [0.25, 0.3) is 10.9 Å². The molecule has 0 saturated carbocycles. The molecule has 1 fully saturated rings. The second kappa shape index (κ2) is 11.8. The molecule has 2 atom stereocenters. The Morgan fingerprint density at radius 2 is 1.97 bits per heavy atom. The molecule has 0 bridgehead atoms. The van der Waals surface area contributed by atoms with E-state index >= 15 is 0 Å². The van der Waals surface area contributed by atoms with Crippen LogP contribution in [0.2, 0.25) is 5.02 Å². The van der Waals surface area contributed by atoms with Crippen molar-refractivity contribution in [1.82, 2.24) is 9.88 Å². The van der Waals surface area contributed by atoms with E-state index in [-0.39, 0.29) is 0 Å². The molecule has 33 heavy (non-hydrogen) atoms. The van der Waals surface area contributed by atoms with Crippen molar-refractivity contribution in [3.8, 4) is 5.75 Å². The number of nitrogens with zero attached hydrogens (tertiary/aromatic N) is 2. The Kier molecular flexibility index (Phi) is 8.60. The standard InChI is InChI=1S/C28H35ClN2O2/c1-33-24-12-13-28-26(18-24)25(27(29)19-30-28)11-5-10-23-17-22(20-32)14-16-31(23)15-6-9-21-7-3-2-4-8-21/h2-4,7-8,12-13,18-19,22-23,32H,5-6,9-11,14-17,20H2,1H3. The fraction of sp³-hybridized carbons (Fsp3) is 0.464. The fourth-order valence-corrected chi connectivity index (χ4v) is 5.42. The first-order valence-corrected chi connectivity index (χ1v) is 12.6. The van der Waals surface area contributed by atoms with E-state index in [1.54, 1.807) is 13.3 Å². The van der Waals surface area contributed by atoms with E-state index in [1.165, 1.54) is 12.0 Å². The van der Waals surface area contributed by atoms with Crippen LogP contribution in [0.5, 0.6) is 5.75 Å². The van der Waals surface area contributed by atoms with Gasteiger partial charge in [0, 0.05) is 24.2 Å². The number of aromatic nitrogens is 1. The summed E-state index contributed by atoms with van der Waals surface area (Å²) in [6.07, 6.45) is 9.34. The van der Waals surface area contributed by atoms with Gasteiger partial charge in [0.15, 0.2) is 0 Å². The number of ether oxygens (including phenoxy) is 1. The third-order valence-electron chi connectivity index (χ3n) is 7.06. The Morgan fingerprint density at radius 3 is 2.76 bits per heavy atom. The third kappa shape index (κ3) is 6.26. The Morgan fingerprint density at radius 1 is 1.12 bits per heavy atom. The third-order valence-corrected chi connectivity index (χ3v) is 7.38. The van der Waals surface area contributed by atoms with Crippen molar-refractivity contribution in [1.29, 1.82) is 0 Å². The normalized spacial score (nSPS) is 19.1. The predicted molar refractivity (Wildman–Crippen MR) is 136 cm³/mol. The van der Waals surface area contributed by atoms with Crippen LogP contribution in [0.15, 0.2) is 54.7 Å². The number of aliphatic hydroxyl groups is 1. The van der Waals surface area contributed by atoms with Gasteiger partial charge in [-0.3, -0.25) is 4.98 Å². The predicted octanol–water partition coefficient (Wildman–Crippen LogP) is 5.93. The summed E-state index contributed by atoms with van der Waals surface area (Å²) >= 11 is 6.57. The lowest BCUT2D eigenvalue weighted by Gasteiger charge is -2.39. The van der Waals surface area contributed by atoms with Gasteiger partial charge in [-0.25, -0.2) is 0 Å². The van der Waals surface area contributed by atoms with Crippen LogP contribution in [-0.4, -0.2) is 47.8 Å². The van der Waals surface area contributed by atoms with Gasteiger partial charge in [-0.05, 0) is 93.3 Å². The number of hydrogen-bond acceptors (Lipinski definition) is 4. The Balaban J connectivity index is 1.38. The summed E-state index contributed by atoms with van der Waals surface area (Å²) in [6, 6.07) is 17.2. The molecule has 176 valence electrons. The summed E-state index contributed by atoms with van der Waals surface area (Å²) in [4.78, 5) is 7.14. The summed E-state index contributed by atoms with van der Waals surface area (Å²) < 4.78 is 5.42. The lowest BCUT2D eigenvalue weighted by atomic mass is 9.88. The maximum Gasteiger partial charge on any atom is 0.119 e. The lowest BCUT2D eigenvalue weighted by molar-refractivity contribution is 0.0743. The van der Waals surface area contributed by atoms with Gasteiger partial charge in [0.25, 0.3) is 0 Å². The molecule has 0 amide bonds. The van der Waals surface area contributed by atoms with E-state index in [0.29, 0.717) is 18.6 Å². The summed E-state index contributed by atoms with van der Waals surface area (Å²) in [5, 5.41) is 11.6. The molecule has 1 aliphatic heterocycles. The first kappa shape index (κ1) is 24.0. The van der Waals surface area contributed by atoms with E-state index in [0.717, 1.165) is 78.9 Å². The summed E-state index contributed by atoms with van der Waals surface area (Å²) in [5.74, 6) is 1.26. The topological polar surface area (TPSA) is 45.6 Å². The van der Waals surface area contributed by atoms with Gasteiger partial charge < -0.3 is 14.7 Å². The minimum absolute atomic E-state index is 0.301. The molecule has 1 aliphatic rings. The van der Waals surface area contributed by atoms with Crippen molar-refractivity contribution >= 4 is 22.5 Å². The molecule has 2 heterocycles. The van der Waals surface area contributed by atoms with Gasteiger partial charge in [-0.1, -0.05) is 41.9 Å². The number of methoxy groups -OCH3 is 1. The average molecular weight is 467 g/mol. The highest BCUT2D eigenvalue weighted by molar-refractivity contribution is 6.32. The van der Waals surface area contributed by atoms with Gasteiger partial charge >= 0.3 is 0 Å². The fourth-order valence-electron chi connectivity index (χ4n) is 5.17. The molecule has 0 radical (unpaired) electrons. The zero-order valence-electron chi connectivity index (χ0n) is 19.5. The number of piperidine rings is 1. The number of pyridine rings is 1. The van der Waals surface area contributed by atoms with Crippen molar-refractivity contribution in [3.63, 3.8) is 0 Å². The molecule has 1 saturated heterocycles. The number of likely N-dealkylation sites (tertiary alicyclic amines) is 1. The van der Waals surface area contributed by atoms with Crippen molar-refractivity contribution < 1.29 is 9.84 Å². The van der Waals surface area contributed by atoms with Crippen LogP contribution in [0.4, 0.5) is 0 Å². The zero-order valence-corrected chi connectivity index (χ0v) is 20.3. The molecule has 4 rings (SSSR count). The van der Waals surface area contributed by atoms with E-state index in [9.17, 15) is 5.11 Å². The largest absolute Gasteiger partial charge is 0.497 e. The molecule has 1 N–H and O–H groups in total. The van der Waals surface area contributed by atoms with Gasteiger partial charge in [-0.2, -0.15) is 0 Å². The molecule has 2 unspecified atom stereocenters. The number of rotatable bonds is 10. The first-order valence-electron chi connectivity index (χ1n) is 12.2. The van der Waals surface area contributed by atoms with E-state index < -0.39 is 0 Å². The van der Waals surface area contributed by atoms with Crippen LogP contribution in [-0.2, 0) is 12.8 Å². The smallest absolute Gasteiger partial charge is 0.119 e. The number of aliphatic hydroxyl groups excluding tert-OH is 1. The number of halogens is 1. The SMILES string of the molecule is COc1ccc2ncc(Cl)c(CCCC3CC(CO)CCN3CCCc3ccccc3)c2c1. The number of hydrogen-bond donors (Lipinski definition) is 1. The number of aryl methyl sites for hydroxylation is 2. The van der Waals surface area contributed by atoms with E-state index in [4.69, 9.17) is 16.3 Å². The van der Waals surface area contributed by atoms with Crippen molar-refractivity contribution in [2.24, 2.45) is 5.92 Å². The molecule has 2 aromatic carbocycles. The highest BCUT2D eigenvalue weighted by atomic mass is 35.5. The van der Waals surface area contributed by atoms with E-state index in [1.807, 2.05) is 18.2 Å². The Hall–Kier alpha value is -2.14. The van der Waals surface area contributed by atoms with E-state index in [2.05, 4.69) is 40.2 Å². The molecular weight excluding hydrogens is 432 g/mol. The summed E-state index contributed by atoms with van der Waals surface area (Å²) in [6.45, 7) is 2.50. The van der Waals surface area contributed by atoms with Crippen LogP contribution >= 0.6 is 11.6 Å². The lowest BCUT2D eigenvalue weighted by Crippen LogP contribution is -2.43. The molecule has 5 heteroatoms. The van der Waals surface area contributed by atoms with Crippen LogP contribution in [0.3, 0.4) is 0 Å². The molecular formula is C28H35ClN2O2. The van der Waals surface area contributed by atoms with Crippen LogP contribution < -0.4 is 4.74 Å². The molecule has 1 aromatic heterocycles.